The minimum atomic E-state index is -2.41. The molecule has 0 saturated heterocycles. The van der Waals surface area contributed by atoms with E-state index in [1.165, 1.54) is 0 Å². The van der Waals surface area contributed by atoms with Gasteiger partial charge in [0.2, 0.25) is 0 Å². The predicted molar refractivity (Wildman–Crippen MR) is 71.9 cm³/mol. The highest BCUT2D eigenvalue weighted by Gasteiger charge is 2.36. The van der Waals surface area contributed by atoms with E-state index in [9.17, 15) is 0 Å². The molecule has 0 atom stereocenters. The van der Waals surface area contributed by atoms with Gasteiger partial charge in [0.15, 0.2) is 0 Å². The Bertz CT molecular complexity index is 193. The van der Waals surface area contributed by atoms with Crippen molar-refractivity contribution >= 4 is 8.80 Å². The fourth-order valence-electron chi connectivity index (χ4n) is 1.73. The average Bonchev–Trinajstić information content (AvgIpc) is 2.36. The van der Waals surface area contributed by atoms with Gasteiger partial charge in [0, 0.05) is 47.0 Å². The molecule has 0 bridgehead atoms. The summed E-state index contributed by atoms with van der Waals surface area (Å²) in [5.41, 5.74) is 5.55. The van der Waals surface area contributed by atoms with E-state index in [0.29, 0.717) is 6.54 Å². The van der Waals surface area contributed by atoms with Crippen molar-refractivity contribution in [3.8, 4) is 0 Å². The van der Waals surface area contributed by atoms with Gasteiger partial charge in [0.1, 0.15) is 0 Å². The van der Waals surface area contributed by atoms with Gasteiger partial charge in [-0.3, -0.25) is 4.90 Å². The Morgan fingerprint density at radius 3 is 2.18 bits per heavy atom. The molecule has 0 aromatic rings. The topological polar surface area (TPSA) is 57.0 Å². The Labute approximate surface area is 106 Å². The van der Waals surface area contributed by atoms with Crippen LogP contribution < -0.4 is 5.73 Å². The van der Waals surface area contributed by atoms with Gasteiger partial charge in [-0.25, -0.2) is 0 Å². The normalized spacial score (nSPS) is 12.1. The minimum absolute atomic E-state index is 0.662. The van der Waals surface area contributed by atoms with Crippen molar-refractivity contribution in [2.45, 2.75) is 12.5 Å². The predicted octanol–water partition coefficient (Wildman–Crippen LogP) is 0.701. The van der Waals surface area contributed by atoms with Gasteiger partial charge >= 0.3 is 8.80 Å². The third kappa shape index (κ3) is 6.30. The fraction of sp³-hybridized carbons (Fsp3) is 0.818. The molecule has 0 rings (SSSR count). The van der Waals surface area contributed by atoms with E-state index in [-0.39, 0.29) is 0 Å². The summed E-state index contributed by atoms with van der Waals surface area (Å²) in [6, 6.07) is 0.814. The summed E-state index contributed by atoms with van der Waals surface area (Å²) < 4.78 is 16.1. The van der Waals surface area contributed by atoms with E-state index in [1.54, 1.807) is 21.3 Å². The van der Waals surface area contributed by atoms with E-state index in [4.69, 9.17) is 19.0 Å². The smallest absolute Gasteiger partial charge is 0.377 e. The lowest BCUT2D eigenvalue weighted by molar-refractivity contribution is 0.121. The van der Waals surface area contributed by atoms with Crippen LogP contribution in [0.3, 0.4) is 0 Å². The summed E-state index contributed by atoms with van der Waals surface area (Å²) in [5.74, 6) is 0. The Morgan fingerprint density at radius 2 is 1.76 bits per heavy atom. The molecule has 6 heteroatoms. The van der Waals surface area contributed by atoms with Crippen LogP contribution in [0, 0.1) is 0 Å². The summed E-state index contributed by atoms with van der Waals surface area (Å²) in [6.45, 7) is 7.10. The monoisotopic (exact) mass is 262 g/mol. The third-order valence-corrected chi connectivity index (χ3v) is 5.55. The lowest BCUT2D eigenvalue weighted by Crippen LogP contribution is -2.43. The van der Waals surface area contributed by atoms with Crippen molar-refractivity contribution in [1.82, 2.24) is 4.90 Å². The molecule has 0 aliphatic carbocycles. The van der Waals surface area contributed by atoms with Gasteiger partial charge in [0.25, 0.3) is 0 Å². The molecule has 0 fully saturated rings. The Morgan fingerprint density at radius 1 is 1.18 bits per heavy atom. The molecule has 0 heterocycles. The highest BCUT2D eigenvalue weighted by molar-refractivity contribution is 6.60. The molecular weight excluding hydrogens is 236 g/mol. The lowest BCUT2D eigenvalue weighted by atomic mass is 10.4. The van der Waals surface area contributed by atoms with Crippen LogP contribution in [0.5, 0.6) is 0 Å². The quantitative estimate of drug-likeness (QED) is 0.439. The van der Waals surface area contributed by atoms with E-state index in [1.807, 2.05) is 6.08 Å². The number of hydrogen-bond donors (Lipinski definition) is 1. The molecule has 0 aromatic heterocycles. The van der Waals surface area contributed by atoms with Gasteiger partial charge in [0.05, 0.1) is 0 Å². The standard InChI is InChI=1S/C11H26N2O3Si/c1-5-8-13(10-7-12)9-6-11-17(14-2,15-3)16-4/h5H,1,6-12H2,2-4H3. The van der Waals surface area contributed by atoms with Crippen molar-refractivity contribution in [2.24, 2.45) is 5.73 Å². The second-order valence-corrected chi connectivity index (χ2v) is 6.87. The fourth-order valence-corrected chi connectivity index (χ4v) is 3.44. The first-order valence-electron chi connectivity index (χ1n) is 5.86. The van der Waals surface area contributed by atoms with Crippen LogP contribution in [0.2, 0.25) is 6.04 Å². The molecule has 17 heavy (non-hydrogen) atoms. The lowest BCUT2D eigenvalue weighted by Gasteiger charge is -2.26. The van der Waals surface area contributed by atoms with Crippen LogP contribution in [0.1, 0.15) is 6.42 Å². The van der Waals surface area contributed by atoms with E-state index in [2.05, 4.69) is 11.5 Å². The molecule has 0 amide bonds. The highest BCUT2D eigenvalue weighted by atomic mass is 28.4. The van der Waals surface area contributed by atoms with Gasteiger partial charge < -0.3 is 19.0 Å². The van der Waals surface area contributed by atoms with Crippen molar-refractivity contribution < 1.29 is 13.3 Å². The zero-order valence-electron chi connectivity index (χ0n) is 11.3. The average molecular weight is 262 g/mol. The Hall–Kier alpha value is -0.243. The first-order chi connectivity index (χ1) is 8.17. The first-order valence-corrected chi connectivity index (χ1v) is 7.80. The Kier molecular flexibility index (Phi) is 9.61. The molecule has 0 aliphatic rings. The molecule has 0 aromatic carbocycles. The Balaban J connectivity index is 4.03. The van der Waals surface area contributed by atoms with Crippen LogP contribution in [0.15, 0.2) is 12.7 Å². The molecular formula is C11H26N2O3Si. The molecule has 102 valence electrons. The van der Waals surface area contributed by atoms with E-state index < -0.39 is 8.80 Å². The molecule has 0 spiro atoms. The second-order valence-electron chi connectivity index (χ2n) is 3.78. The van der Waals surface area contributed by atoms with E-state index in [0.717, 1.165) is 32.1 Å². The summed E-state index contributed by atoms with van der Waals surface area (Å²) in [7, 11) is 2.50. The molecule has 0 saturated carbocycles. The SMILES string of the molecule is C=CCN(CCN)CCC[Si](OC)(OC)OC. The highest BCUT2D eigenvalue weighted by Crippen LogP contribution is 2.15. The van der Waals surface area contributed by atoms with Crippen LogP contribution in [-0.4, -0.2) is 61.2 Å². The van der Waals surface area contributed by atoms with Gasteiger partial charge in [-0.1, -0.05) is 6.08 Å². The van der Waals surface area contributed by atoms with Crippen molar-refractivity contribution in [2.75, 3.05) is 47.5 Å². The first kappa shape index (κ1) is 16.8. The largest absolute Gasteiger partial charge is 0.500 e. The molecule has 5 nitrogen and oxygen atoms in total. The van der Waals surface area contributed by atoms with Crippen molar-refractivity contribution in [3.05, 3.63) is 12.7 Å². The second kappa shape index (κ2) is 9.75. The zero-order valence-corrected chi connectivity index (χ0v) is 12.3. The summed E-state index contributed by atoms with van der Waals surface area (Å²) >= 11 is 0. The summed E-state index contributed by atoms with van der Waals surface area (Å²) in [6.07, 6.45) is 2.86. The van der Waals surface area contributed by atoms with Gasteiger partial charge in [-0.05, 0) is 13.0 Å². The number of rotatable bonds is 11. The summed E-state index contributed by atoms with van der Waals surface area (Å²) in [5, 5.41) is 0. The van der Waals surface area contributed by atoms with E-state index >= 15 is 0 Å². The minimum Gasteiger partial charge on any atom is -0.377 e. The maximum Gasteiger partial charge on any atom is 0.500 e. The molecule has 2 N–H and O–H groups in total. The maximum absolute atomic E-state index is 5.55. The van der Waals surface area contributed by atoms with Crippen molar-refractivity contribution in [3.63, 3.8) is 0 Å². The van der Waals surface area contributed by atoms with Crippen LogP contribution in [0.25, 0.3) is 0 Å². The van der Waals surface area contributed by atoms with Crippen LogP contribution in [0.4, 0.5) is 0 Å². The van der Waals surface area contributed by atoms with Gasteiger partial charge in [-0.15, -0.1) is 6.58 Å². The maximum atomic E-state index is 5.55. The third-order valence-electron chi connectivity index (χ3n) is 2.72. The molecule has 0 radical (unpaired) electrons. The molecule has 0 aliphatic heterocycles. The van der Waals surface area contributed by atoms with Crippen LogP contribution in [-0.2, 0) is 13.3 Å². The van der Waals surface area contributed by atoms with Crippen molar-refractivity contribution in [1.29, 1.82) is 0 Å². The number of hydrogen-bond acceptors (Lipinski definition) is 5. The number of nitrogens with zero attached hydrogens (tertiary/aromatic N) is 1. The van der Waals surface area contributed by atoms with Crippen LogP contribution >= 0.6 is 0 Å². The van der Waals surface area contributed by atoms with Gasteiger partial charge in [-0.2, -0.15) is 0 Å². The number of nitrogens with two attached hydrogens (primary N) is 1. The molecule has 0 unspecified atom stereocenters. The summed E-state index contributed by atoms with van der Waals surface area (Å²) in [4.78, 5) is 2.26. The zero-order chi connectivity index (χ0) is 13.1.